The zero-order valence-corrected chi connectivity index (χ0v) is 38.2. The van der Waals surface area contributed by atoms with Crippen LogP contribution in [0.15, 0.2) is 60.7 Å². The first-order valence-electron chi connectivity index (χ1n) is 27.7. The summed E-state index contributed by atoms with van der Waals surface area (Å²) in [5.41, 5.74) is 12.8. The molecule has 0 aromatic heterocycles. The second-order valence-corrected chi connectivity index (χ2v) is 26.9. The van der Waals surface area contributed by atoms with Crippen molar-refractivity contribution in [2.24, 2.45) is 0 Å². The van der Waals surface area contributed by atoms with Crippen LogP contribution in [0.25, 0.3) is 280 Å². The van der Waals surface area contributed by atoms with Crippen LogP contribution >= 0.6 is 0 Å². The van der Waals surface area contributed by atoms with Gasteiger partial charge in [-0.25, -0.2) is 0 Å². The number of hydrogen-bond acceptors (Lipinski definition) is 0. The summed E-state index contributed by atoms with van der Waals surface area (Å²) in [6, 6.07) is 24.0. The van der Waals surface area contributed by atoms with Gasteiger partial charge in [0.05, 0.1) is 10.8 Å². The molecule has 0 radical (unpaired) electrons. The fourth-order valence-electron chi connectivity index (χ4n) is 25.9. The summed E-state index contributed by atoms with van der Waals surface area (Å²) in [6.07, 6.45) is 2.01. The van der Waals surface area contributed by atoms with Crippen molar-refractivity contribution in [1.82, 2.24) is 0 Å². The predicted molar refractivity (Wildman–Crippen MR) is 312 cm³/mol. The van der Waals surface area contributed by atoms with Crippen molar-refractivity contribution in [3.05, 3.63) is 105 Å². The summed E-state index contributed by atoms with van der Waals surface area (Å²) in [4.78, 5) is 0. The molecular weight excluding hydrogens is 889 g/mol. The van der Waals surface area contributed by atoms with Crippen molar-refractivity contribution in [2.75, 3.05) is 0 Å². The van der Waals surface area contributed by atoms with Crippen molar-refractivity contribution in [3.8, 4) is 0 Å². The van der Waals surface area contributed by atoms with Gasteiger partial charge in [-0.3, -0.25) is 0 Å². The zero-order chi connectivity index (χ0) is 44.1. The van der Waals surface area contributed by atoms with E-state index in [1.54, 1.807) is 313 Å². The topological polar surface area (TPSA) is 0 Å². The van der Waals surface area contributed by atoms with Crippen molar-refractivity contribution in [1.29, 1.82) is 0 Å². The van der Waals surface area contributed by atoms with E-state index in [0.29, 0.717) is 0 Å². The second kappa shape index (κ2) is 6.66. The lowest BCUT2D eigenvalue weighted by Crippen LogP contribution is -2.45. The van der Waals surface area contributed by atoms with Crippen LogP contribution in [-0.2, 0) is 23.7 Å². The Hall–Kier alpha value is -9.10. The minimum absolute atomic E-state index is 0.330. The quantitative estimate of drug-likeness (QED) is 0.154. The van der Waals surface area contributed by atoms with Gasteiger partial charge in [0.1, 0.15) is 0 Å². The van der Waals surface area contributed by atoms with Crippen molar-refractivity contribution in [2.45, 2.75) is 23.7 Å². The van der Waals surface area contributed by atoms with E-state index in [2.05, 4.69) is 60.7 Å². The third kappa shape index (κ3) is 1.59. The summed E-state index contributed by atoms with van der Waals surface area (Å²) < 4.78 is 0. The third-order valence-electron chi connectivity index (χ3n) is 26.2. The lowest BCUT2D eigenvalue weighted by atomic mass is 9.51. The Labute approximate surface area is 406 Å². The molecule has 0 aliphatic heterocycles. The van der Waals surface area contributed by atoms with Gasteiger partial charge in [-0.15, -0.1) is 0 Å². The van der Waals surface area contributed by atoms with E-state index in [4.69, 9.17) is 0 Å². The van der Waals surface area contributed by atoms with E-state index in [9.17, 15) is 0 Å². The molecule has 0 unspecified atom stereocenters. The molecule has 0 saturated heterocycles. The molecule has 5 aliphatic rings. The number of rotatable bonds is 4. The molecule has 0 amide bonds. The van der Waals surface area contributed by atoms with Gasteiger partial charge in [0.15, 0.2) is 0 Å². The first kappa shape index (κ1) is 28.2. The highest BCUT2D eigenvalue weighted by Crippen LogP contribution is 2.84. The van der Waals surface area contributed by atoms with Crippen LogP contribution in [0, 0.1) is 0 Å². The van der Waals surface area contributed by atoms with Crippen molar-refractivity contribution in [3.63, 3.8) is 0 Å². The molecule has 0 nitrogen and oxygen atoms in total. The molecule has 0 fully saturated rings. The molecule has 29 aromatic carbocycles. The summed E-state index contributed by atoms with van der Waals surface area (Å²) >= 11 is 0. The highest BCUT2D eigenvalue weighted by atomic mass is 14.7. The fraction of sp³-hybridized carbons (Fsp3) is 0.0541. The van der Waals surface area contributed by atoms with E-state index in [1.807, 2.05) is 0 Å². The molecule has 2 atom stereocenters. The molecule has 0 saturated carbocycles. The Kier molecular flexibility index (Phi) is 2.54. The van der Waals surface area contributed by atoms with Gasteiger partial charge < -0.3 is 0 Å². The van der Waals surface area contributed by atoms with E-state index >= 15 is 0 Å². The highest BCUT2D eigenvalue weighted by molar-refractivity contribution is 6.81. The standard InChI is InChI=1S/C74H14/c1-3-7-13(8-4-1)11-73-67-59-50-43-30-23-17-18-20-16-15-19(17)28(30)34-32-21(15)25-22(16)33-35-29(20)31-24(18)27-26(23)37-45-38(27)47-44(31)51-49(35)53-40(33)42-36(25)41-39(32)52(48(34)50)63(67)65-54(41)55(42)66-64(53)68-60(51)57(47)62-58(45)61(56(59)46(37)43)69(73)70(62)74(68,72(66)71(65)73)12-14-9-5-2-6-10-14/h1-10H,11-12H2/t73-,74+. The third-order valence-corrected chi connectivity index (χ3v) is 26.2. The van der Waals surface area contributed by atoms with Crippen LogP contribution in [0.5, 0.6) is 0 Å². The van der Waals surface area contributed by atoms with Gasteiger partial charge in [0.2, 0.25) is 0 Å². The number of hydrogen-bond donors (Lipinski definition) is 0. The molecule has 0 spiro atoms. The molecular formula is C74H14. The Morgan fingerprint density at radius 3 is 0.486 bits per heavy atom. The second-order valence-electron chi connectivity index (χ2n) is 26.9. The van der Waals surface area contributed by atoms with Crippen molar-refractivity contribution >= 4 is 280 Å². The van der Waals surface area contributed by atoms with Crippen LogP contribution in [0.1, 0.15) is 44.5 Å². The molecule has 0 N–H and O–H groups in total. The number of benzene rings is 19. The molecule has 34 rings (SSSR count). The first-order chi connectivity index (χ1) is 36.9. The fourth-order valence-corrected chi connectivity index (χ4v) is 25.9. The van der Waals surface area contributed by atoms with Crippen LogP contribution < -0.4 is 0 Å². The van der Waals surface area contributed by atoms with Crippen molar-refractivity contribution < 1.29 is 0 Å². The van der Waals surface area contributed by atoms with Crippen LogP contribution in [0.3, 0.4) is 0 Å². The molecule has 5 aliphatic carbocycles. The van der Waals surface area contributed by atoms with E-state index in [0.717, 1.165) is 12.8 Å². The van der Waals surface area contributed by atoms with E-state index in [-0.39, 0.29) is 10.8 Å². The smallest absolute Gasteiger partial charge is 0.0523 e. The van der Waals surface area contributed by atoms with E-state index < -0.39 is 0 Å². The van der Waals surface area contributed by atoms with E-state index in [1.165, 1.54) is 11.1 Å². The molecule has 0 heteroatoms. The van der Waals surface area contributed by atoms with Gasteiger partial charge in [0, 0.05) is 0 Å². The highest BCUT2D eigenvalue weighted by Gasteiger charge is 2.66. The molecule has 0 heterocycles. The van der Waals surface area contributed by atoms with Crippen LogP contribution in [-0.4, -0.2) is 0 Å². The molecule has 310 valence electrons. The van der Waals surface area contributed by atoms with Gasteiger partial charge in [-0.05, 0) is 337 Å². The maximum absolute atomic E-state index is 2.51. The summed E-state index contributed by atoms with van der Waals surface area (Å²) in [5, 5.41) is 86.7. The molecule has 74 heavy (non-hydrogen) atoms. The zero-order valence-electron chi connectivity index (χ0n) is 38.2. The molecule has 0 bridgehead atoms. The van der Waals surface area contributed by atoms with Crippen LogP contribution in [0.2, 0.25) is 0 Å². The normalized spacial score (nSPS) is 21.2. The summed E-state index contributed by atoms with van der Waals surface area (Å²) in [7, 11) is 0. The minimum Gasteiger partial charge on any atom is -0.0622 e. The summed E-state index contributed by atoms with van der Waals surface area (Å²) in [6.45, 7) is 0. The Morgan fingerprint density at radius 2 is 0.284 bits per heavy atom. The van der Waals surface area contributed by atoms with Crippen LogP contribution in [0.4, 0.5) is 0 Å². The summed E-state index contributed by atoms with van der Waals surface area (Å²) in [5.74, 6) is 0. The van der Waals surface area contributed by atoms with Gasteiger partial charge in [-0.1, -0.05) is 60.7 Å². The maximum Gasteiger partial charge on any atom is 0.0523 e. The average molecular weight is 903 g/mol. The lowest BCUT2D eigenvalue weighted by Gasteiger charge is -2.49. The first-order valence-corrected chi connectivity index (χ1v) is 27.7. The Balaban J connectivity index is 1.14. The lowest BCUT2D eigenvalue weighted by molar-refractivity contribution is 0.538. The van der Waals surface area contributed by atoms with Gasteiger partial charge >= 0.3 is 0 Å². The Morgan fingerprint density at radius 1 is 0.149 bits per heavy atom. The predicted octanol–water partition coefficient (Wildman–Crippen LogP) is 19.5. The maximum atomic E-state index is 2.51. The minimum atomic E-state index is -0.330. The molecule has 29 aromatic rings. The largest absolute Gasteiger partial charge is 0.0622 e. The Bertz CT molecular complexity index is 7270. The average Bonchev–Trinajstić information content (AvgIpc) is 3.63. The monoisotopic (exact) mass is 902 g/mol. The van der Waals surface area contributed by atoms with Gasteiger partial charge in [-0.2, -0.15) is 0 Å². The van der Waals surface area contributed by atoms with Gasteiger partial charge in [0.25, 0.3) is 0 Å². The SMILES string of the molecule is c1ccc(C[C@]23c4c5c6c7c8c9c%10c%11c(c2c2c%12c3c3c%13c4c6c4c6c%13c%13c3c3c%12c%12c%14c2c%11c2c%11c%10c%10c8c8c7c4c4c6c6c%13c7c3c%12c3c(c%142)c2c%11c%10c%10c8c4c4c%10c2c3c7c64)[C@@]59Cc2ccccc2)cc1.